The molecular weight excluding hydrogens is 284 g/mol. The third kappa shape index (κ3) is 3.16. The molecule has 1 aromatic heterocycles. The number of aromatic amines is 1. The highest BCUT2D eigenvalue weighted by Gasteiger charge is 2.16. The standard InChI is InChI=1S/C13H13F2N3OS/c1-3-4-16-12(19)7(2)20-13-17-10-5-8(14)9(15)6-11(10)18-13/h3,5-7H,1,4H2,2H3,(H,16,19)(H,17,18)/t7-/m0/s1. The van der Waals surface area contributed by atoms with Crippen LogP contribution in [0.1, 0.15) is 6.92 Å². The van der Waals surface area contributed by atoms with Crippen LogP contribution in [-0.2, 0) is 4.79 Å². The molecule has 1 atom stereocenters. The first-order valence-electron chi connectivity index (χ1n) is 5.91. The molecule has 1 heterocycles. The van der Waals surface area contributed by atoms with E-state index in [2.05, 4.69) is 21.9 Å². The molecule has 20 heavy (non-hydrogen) atoms. The van der Waals surface area contributed by atoms with Crippen LogP contribution >= 0.6 is 11.8 Å². The Hall–Kier alpha value is -1.89. The molecule has 0 aliphatic rings. The van der Waals surface area contributed by atoms with Crippen LogP contribution in [0.25, 0.3) is 11.0 Å². The number of halogens is 2. The SMILES string of the molecule is C=CCNC(=O)[C@H](C)Sc1nc2cc(F)c(F)cc2[nH]1. The van der Waals surface area contributed by atoms with Gasteiger partial charge in [-0.25, -0.2) is 13.8 Å². The lowest BCUT2D eigenvalue weighted by Gasteiger charge is -2.08. The van der Waals surface area contributed by atoms with Crippen LogP contribution in [0, 0.1) is 11.6 Å². The van der Waals surface area contributed by atoms with Gasteiger partial charge in [0.2, 0.25) is 5.91 Å². The summed E-state index contributed by atoms with van der Waals surface area (Å²) in [6.07, 6.45) is 1.59. The predicted octanol–water partition coefficient (Wildman–Crippen LogP) is 2.62. The number of carbonyl (C=O) groups excluding carboxylic acids is 1. The fourth-order valence-electron chi connectivity index (χ4n) is 1.57. The Labute approximate surface area is 118 Å². The van der Waals surface area contributed by atoms with E-state index in [4.69, 9.17) is 0 Å². The maximum absolute atomic E-state index is 13.1. The minimum absolute atomic E-state index is 0.160. The molecule has 2 N–H and O–H groups in total. The summed E-state index contributed by atoms with van der Waals surface area (Å²) in [6, 6.07) is 2.07. The van der Waals surface area contributed by atoms with Crippen molar-refractivity contribution in [2.24, 2.45) is 0 Å². The number of hydrogen-bond donors (Lipinski definition) is 2. The maximum Gasteiger partial charge on any atom is 0.233 e. The minimum atomic E-state index is -0.947. The molecule has 0 saturated heterocycles. The van der Waals surface area contributed by atoms with Gasteiger partial charge in [0.25, 0.3) is 0 Å². The van der Waals surface area contributed by atoms with Gasteiger partial charge >= 0.3 is 0 Å². The van der Waals surface area contributed by atoms with Crippen LogP contribution in [0.15, 0.2) is 29.9 Å². The minimum Gasteiger partial charge on any atom is -0.352 e. The number of rotatable bonds is 5. The van der Waals surface area contributed by atoms with Crippen molar-refractivity contribution in [1.29, 1.82) is 0 Å². The molecule has 106 valence electrons. The third-order valence-corrected chi connectivity index (χ3v) is 3.56. The van der Waals surface area contributed by atoms with Gasteiger partial charge in [-0.15, -0.1) is 6.58 Å². The summed E-state index contributed by atoms with van der Waals surface area (Å²) in [5, 5.41) is 2.72. The van der Waals surface area contributed by atoms with Gasteiger partial charge in [0.15, 0.2) is 16.8 Å². The van der Waals surface area contributed by atoms with Crippen molar-refractivity contribution in [2.75, 3.05) is 6.54 Å². The van der Waals surface area contributed by atoms with Crippen LogP contribution < -0.4 is 5.32 Å². The largest absolute Gasteiger partial charge is 0.352 e. The summed E-state index contributed by atoms with van der Waals surface area (Å²) in [6.45, 7) is 5.62. The smallest absolute Gasteiger partial charge is 0.233 e. The quantitative estimate of drug-likeness (QED) is 0.659. The van der Waals surface area contributed by atoms with Crippen molar-refractivity contribution in [3.8, 4) is 0 Å². The van der Waals surface area contributed by atoms with Gasteiger partial charge in [0, 0.05) is 18.7 Å². The number of imidazole rings is 1. The molecule has 0 fully saturated rings. The lowest BCUT2D eigenvalue weighted by Crippen LogP contribution is -2.30. The summed E-state index contributed by atoms with van der Waals surface area (Å²) in [5.41, 5.74) is 0.718. The average Bonchev–Trinajstić information content (AvgIpc) is 2.77. The molecule has 2 rings (SSSR count). The van der Waals surface area contributed by atoms with E-state index in [-0.39, 0.29) is 11.2 Å². The first kappa shape index (κ1) is 14.5. The van der Waals surface area contributed by atoms with E-state index >= 15 is 0 Å². The number of aromatic nitrogens is 2. The fourth-order valence-corrected chi connectivity index (χ4v) is 2.42. The molecule has 1 aromatic carbocycles. The Kier molecular flexibility index (Phi) is 4.39. The van der Waals surface area contributed by atoms with Crippen LogP contribution in [0.3, 0.4) is 0 Å². The maximum atomic E-state index is 13.1. The summed E-state index contributed by atoms with van der Waals surface area (Å²) in [4.78, 5) is 18.7. The number of benzene rings is 1. The van der Waals surface area contributed by atoms with Crippen molar-refractivity contribution in [3.05, 3.63) is 36.4 Å². The summed E-state index contributed by atoms with van der Waals surface area (Å²) >= 11 is 1.18. The highest BCUT2D eigenvalue weighted by Crippen LogP contribution is 2.24. The Morgan fingerprint density at radius 3 is 2.95 bits per heavy atom. The van der Waals surface area contributed by atoms with Gasteiger partial charge in [-0.1, -0.05) is 17.8 Å². The molecule has 0 spiro atoms. The van der Waals surface area contributed by atoms with E-state index in [1.807, 2.05) is 0 Å². The highest BCUT2D eigenvalue weighted by atomic mass is 32.2. The molecule has 0 aliphatic carbocycles. The van der Waals surface area contributed by atoms with Gasteiger partial charge in [-0.2, -0.15) is 0 Å². The second-order valence-electron chi connectivity index (χ2n) is 4.12. The fraction of sp³-hybridized carbons (Fsp3) is 0.231. The summed E-state index contributed by atoms with van der Waals surface area (Å²) < 4.78 is 26.2. The number of amides is 1. The summed E-state index contributed by atoms with van der Waals surface area (Å²) in [5.74, 6) is -2.04. The van der Waals surface area contributed by atoms with Crippen LogP contribution in [0.4, 0.5) is 8.78 Å². The Morgan fingerprint density at radius 2 is 2.25 bits per heavy atom. The second kappa shape index (κ2) is 6.04. The third-order valence-electron chi connectivity index (χ3n) is 2.58. The first-order chi connectivity index (χ1) is 9.51. The Balaban J connectivity index is 2.13. The molecule has 0 radical (unpaired) electrons. The second-order valence-corrected chi connectivity index (χ2v) is 5.45. The van der Waals surface area contributed by atoms with E-state index in [9.17, 15) is 13.6 Å². The number of fused-ring (bicyclic) bond motifs is 1. The topological polar surface area (TPSA) is 57.8 Å². The van der Waals surface area contributed by atoms with Gasteiger partial charge in [0.05, 0.1) is 16.3 Å². The molecule has 1 amide bonds. The average molecular weight is 297 g/mol. The van der Waals surface area contributed by atoms with Gasteiger partial charge < -0.3 is 10.3 Å². The zero-order valence-electron chi connectivity index (χ0n) is 10.7. The lowest BCUT2D eigenvalue weighted by atomic mass is 10.3. The molecule has 2 aromatic rings. The number of nitrogens with one attached hydrogen (secondary N) is 2. The van der Waals surface area contributed by atoms with Gasteiger partial charge in [-0.05, 0) is 6.92 Å². The van der Waals surface area contributed by atoms with Gasteiger partial charge in [-0.3, -0.25) is 4.79 Å². The van der Waals surface area contributed by atoms with Crippen LogP contribution in [0.5, 0.6) is 0 Å². The van der Waals surface area contributed by atoms with Gasteiger partial charge in [0.1, 0.15) is 0 Å². The molecule has 7 heteroatoms. The molecule has 4 nitrogen and oxygen atoms in total. The van der Waals surface area contributed by atoms with E-state index in [1.165, 1.54) is 11.8 Å². The number of hydrogen-bond acceptors (Lipinski definition) is 3. The molecule has 0 unspecified atom stereocenters. The molecule has 0 bridgehead atoms. The van der Waals surface area contributed by atoms with E-state index in [1.54, 1.807) is 13.0 Å². The van der Waals surface area contributed by atoms with E-state index in [0.29, 0.717) is 22.7 Å². The highest BCUT2D eigenvalue weighted by molar-refractivity contribution is 8.00. The number of carbonyl (C=O) groups is 1. The Bertz CT molecular complexity index is 617. The van der Waals surface area contributed by atoms with Crippen LogP contribution in [0.2, 0.25) is 0 Å². The molecular formula is C13H13F2N3OS. The normalized spacial score (nSPS) is 12.3. The Morgan fingerprint density at radius 1 is 1.55 bits per heavy atom. The van der Waals surface area contributed by atoms with E-state index in [0.717, 1.165) is 12.1 Å². The van der Waals surface area contributed by atoms with Crippen molar-refractivity contribution >= 4 is 28.7 Å². The number of thioether (sulfide) groups is 1. The zero-order valence-corrected chi connectivity index (χ0v) is 11.6. The molecule has 0 aliphatic heterocycles. The van der Waals surface area contributed by atoms with Crippen molar-refractivity contribution in [1.82, 2.24) is 15.3 Å². The number of H-pyrrole nitrogens is 1. The van der Waals surface area contributed by atoms with E-state index < -0.39 is 11.6 Å². The molecule has 0 saturated carbocycles. The zero-order chi connectivity index (χ0) is 14.7. The van der Waals surface area contributed by atoms with Crippen molar-refractivity contribution in [3.63, 3.8) is 0 Å². The van der Waals surface area contributed by atoms with Crippen molar-refractivity contribution < 1.29 is 13.6 Å². The number of nitrogens with zero attached hydrogens (tertiary/aromatic N) is 1. The van der Waals surface area contributed by atoms with Crippen molar-refractivity contribution in [2.45, 2.75) is 17.3 Å². The van der Waals surface area contributed by atoms with Crippen LogP contribution in [-0.4, -0.2) is 27.7 Å². The first-order valence-corrected chi connectivity index (χ1v) is 6.79. The predicted molar refractivity (Wildman–Crippen MR) is 74.5 cm³/mol. The summed E-state index contributed by atoms with van der Waals surface area (Å²) in [7, 11) is 0. The lowest BCUT2D eigenvalue weighted by molar-refractivity contribution is -0.120. The monoisotopic (exact) mass is 297 g/mol.